The molecule has 0 unspecified atom stereocenters. The summed E-state index contributed by atoms with van der Waals surface area (Å²) in [5.74, 6) is 0.801. The van der Waals surface area contributed by atoms with Gasteiger partial charge in [-0.25, -0.2) is 10.5 Å². The summed E-state index contributed by atoms with van der Waals surface area (Å²) in [6, 6.07) is 10.1. The van der Waals surface area contributed by atoms with E-state index in [-0.39, 0.29) is 5.91 Å². The van der Waals surface area contributed by atoms with Crippen LogP contribution in [-0.4, -0.2) is 39.1 Å². The van der Waals surface area contributed by atoms with Crippen LogP contribution in [0.25, 0.3) is 0 Å². The number of carbonyl (C=O) groups is 1. The molecule has 0 atom stereocenters. The Balaban J connectivity index is 1.41. The summed E-state index contributed by atoms with van der Waals surface area (Å²) in [6.07, 6.45) is 6.29. The van der Waals surface area contributed by atoms with Crippen molar-refractivity contribution in [2.45, 2.75) is 36.9 Å². The molecule has 24 heavy (non-hydrogen) atoms. The molecule has 1 saturated carbocycles. The molecule has 0 bridgehead atoms. The molecule has 0 radical (unpaired) electrons. The van der Waals surface area contributed by atoms with Crippen LogP contribution in [0, 0.1) is 0 Å². The van der Waals surface area contributed by atoms with Crippen molar-refractivity contribution in [2.24, 2.45) is 5.10 Å². The lowest BCUT2D eigenvalue weighted by Gasteiger charge is -2.10. The van der Waals surface area contributed by atoms with Crippen LogP contribution in [0.4, 0.5) is 5.95 Å². The lowest BCUT2D eigenvalue weighted by Crippen LogP contribution is -2.33. The van der Waals surface area contributed by atoms with Gasteiger partial charge in [0, 0.05) is 6.04 Å². The molecule has 0 spiro atoms. The van der Waals surface area contributed by atoms with Crippen LogP contribution in [0.1, 0.15) is 31.2 Å². The van der Waals surface area contributed by atoms with Gasteiger partial charge in [-0.05, 0) is 18.4 Å². The van der Waals surface area contributed by atoms with E-state index in [1.165, 1.54) is 24.6 Å². The van der Waals surface area contributed by atoms with E-state index >= 15 is 0 Å². The minimum Gasteiger partial charge on any atom is -0.353 e. The molecule has 1 aromatic heterocycles. The number of H-pyrrole nitrogens is 1. The average molecular weight is 344 g/mol. The highest BCUT2D eigenvalue weighted by Gasteiger charge is 2.17. The molecule has 3 rings (SSSR count). The zero-order chi connectivity index (χ0) is 16.6. The van der Waals surface area contributed by atoms with Crippen molar-refractivity contribution in [3.8, 4) is 0 Å². The molecule has 0 aliphatic heterocycles. The lowest BCUT2D eigenvalue weighted by molar-refractivity contribution is -0.119. The molecular weight excluding hydrogens is 324 g/mol. The Kier molecular flexibility index (Phi) is 5.84. The maximum Gasteiger partial charge on any atom is 0.240 e. The largest absolute Gasteiger partial charge is 0.353 e. The molecule has 1 aliphatic carbocycles. The van der Waals surface area contributed by atoms with Crippen LogP contribution in [0.5, 0.6) is 0 Å². The highest BCUT2D eigenvalue weighted by atomic mass is 32.2. The summed E-state index contributed by atoms with van der Waals surface area (Å²) in [5.41, 5.74) is 3.77. The van der Waals surface area contributed by atoms with Gasteiger partial charge in [-0.15, -0.1) is 5.10 Å². The Morgan fingerprint density at radius 1 is 1.33 bits per heavy atom. The number of amides is 1. The van der Waals surface area contributed by atoms with E-state index in [4.69, 9.17) is 0 Å². The van der Waals surface area contributed by atoms with Crippen molar-refractivity contribution in [3.05, 3.63) is 35.9 Å². The first-order valence-electron chi connectivity index (χ1n) is 7.98. The van der Waals surface area contributed by atoms with Crippen molar-refractivity contribution in [3.63, 3.8) is 0 Å². The van der Waals surface area contributed by atoms with Gasteiger partial charge >= 0.3 is 0 Å². The fraction of sp³-hybridized carbons (Fsp3) is 0.375. The van der Waals surface area contributed by atoms with Gasteiger partial charge in [0.25, 0.3) is 0 Å². The summed E-state index contributed by atoms with van der Waals surface area (Å²) >= 11 is 1.31. The molecule has 8 heteroatoms. The molecule has 1 aliphatic rings. The van der Waals surface area contributed by atoms with E-state index in [1.807, 2.05) is 30.3 Å². The first kappa shape index (κ1) is 16.5. The molecule has 3 N–H and O–H groups in total. The van der Waals surface area contributed by atoms with Gasteiger partial charge in [0.15, 0.2) is 0 Å². The zero-order valence-corrected chi connectivity index (χ0v) is 14.1. The Labute approximate surface area is 144 Å². The Morgan fingerprint density at radius 2 is 2.12 bits per heavy atom. The standard InChI is InChI=1S/C16H20N6OS/c23-14(18-13-8-4-5-9-13)11-24-16-19-15(21-22-16)20-17-10-12-6-2-1-3-7-12/h1-3,6-7,10,13H,4-5,8-9,11H2,(H,18,23)(H2,19,20,21,22)/b17-10-. The highest BCUT2D eigenvalue weighted by Crippen LogP contribution is 2.18. The van der Waals surface area contributed by atoms with Gasteiger partial charge in [-0.1, -0.05) is 54.9 Å². The maximum absolute atomic E-state index is 11.9. The van der Waals surface area contributed by atoms with Crippen LogP contribution in [-0.2, 0) is 4.79 Å². The van der Waals surface area contributed by atoms with Gasteiger partial charge in [0.1, 0.15) is 0 Å². The smallest absolute Gasteiger partial charge is 0.240 e. The Bertz CT molecular complexity index is 681. The first-order chi connectivity index (χ1) is 11.8. The molecule has 126 valence electrons. The van der Waals surface area contributed by atoms with Crippen LogP contribution in [0.15, 0.2) is 40.6 Å². The van der Waals surface area contributed by atoms with Crippen LogP contribution in [0.2, 0.25) is 0 Å². The summed E-state index contributed by atoms with van der Waals surface area (Å²) in [4.78, 5) is 16.1. The lowest BCUT2D eigenvalue weighted by atomic mass is 10.2. The van der Waals surface area contributed by atoms with Gasteiger partial charge in [-0.3, -0.25) is 4.79 Å². The second kappa shape index (κ2) is 8.49. The number of benzene rings is 1. The van der Waals surface area contributed by atoms with Crippen molar-refractivity contribution < 1.29 is 4.79 Å². The van der Waals surface area contributed by atoms with E-state index in [9.17, 15) is 4.79 Å². The van der Waals surface area contributed by atoms with Crippen molar-refractivity contribution in [1.82, 2.24) is 20.5 Å². The van der Waals surface area contributed by atoms with E-state index in [0.29, 0.717) is 22.9 Å². The number of hydrazone groups is 1. The number of aromatic nitrogens is 3. The molecule has 1 heterocycles. The maximum atomic E-state index is 11.9. The van der Waals surface area contributed by atoms with E-state index < -0.39 is 0 Å². The molecule has 1 aromatic carbocycles. The van der Waals surface area contributed by atoms with Crippen LogP contribution in [0.3, 0.4) is 0 Å². The molecular formula is C16H20N6OS. The minimum atomic E-state index is 0.0355. The third-order valence-corrected chi connectivity index (χ3v) is 4.55. The van der Waals surface area contributed by atoms with Crippen molar-refractivity contribution in [2.75, 3.05) is 11.2 Å². The highest BCUT2D eigenvalue weighted by molar-refractivity contribution is 7.99. The van der Waals surface area contributed by atoms with E-state index in [1.54, 1.807) is 6.21 Å². The third-order valence-electron chi connectivity index (χ3n) is 3.70. The topological polar surface area (TPSA) is 95.1 Å². The number of aromatic amines is 1. The number of nitrogens with one attached hydrogen (secondary N) is 3. The molecule has 1 fully saturated rings. The number of hydrogen-bond acceptors (Lipinski definition) is 6. The zero-order valence-electron chi connectivity index (χ0n) is 13.2. The summed E-state index contributed by atoms with van der Waals surface area (Å²) in [7, 11) is 0. The van der Waals surface area contributed by atoms with Gasteiger partial charge < -0.3 is 5.32 Å². The minimum absolute atomic E-state index is 0.0355. The van der Waals surface area contributed by atoms with Gasteiger partial charge in [0.05, 0.1) is 12.0 Å². The predicted molar refractivity (Wildman–Crippen MR) is 95.2 cm³/mol. The predicted octanol–water partition coefficient (Wildman–Crippen LogP) is 2.40. The summed E-state index contributed by atoms with van der Waals surface area (Å²) in [5, 5.41) is 14.5. The summed E-state index contributed by atoms with van der Waals surface area (Å²) < 4.78 is 0. The van der Waals surface area contributed by atoms with Crippen molar-refractivity contribution in [1.29, 1.82) is 0 Å². The number of hydrogen-bond donors (Lipinski definition) is 3. The fourth-order valence-electron chi connectivity index (χ4n) is 2.54. The number of rotatable bonds is 7. The quantitative estimate of drug-likeness (QED) is 0.407. The van der Waals surface area contributed by atoms with Crippen LogP contribution < -0.4 is 10.7 Å². The Morgan fingerprint density at radius 3 is 2.92 bits per heavy atom. The number of anilines is 1. The second-order valence-corrected chi connectivity index (χ2v) is 6.53. The van der Waals surface area contributed by atoms with Gasteiger partial charge in [-0.2, -0.15) is 10.1 Å². The number of carbonyl (C=O) groups excluding carboxylic acids is 1. The van der Waals surface area contributed by atoms with Crippen LogP contribution >= 0.6 is 11.8 Å². The fourth-order valence-corrected chi connectivity index (χ4v) is 3.15. The van der Waals surface area contributed by atoms with E-state index in [0.717, 1.165) is 18.4 Å². The van der Waals surface area contributed by atoms with E-state index in [2.05, 4.69) is 31.0 Å². The molecule has 7 nitrogen and oxygen atoms in total. The Hall–Kier alpha value is -2.35. The van der Waals surface area contributed by atoms with Gasteiger partial charge in [0.2, 0.25) is 17.0 Å². The molecule has 0 saturated heterocycles. The van der Waals surface area contributed by atoms with Crippen molar-refractivity contribution >= 4 is 29.8 Å². The number of thioether (sulfide) groups is 1. The first-order valence-corrected chi connectivity index (χ1v) is 8.97. The molecule has 2 aromatic rings. The third kappa shape index (κ3) is 5.09. The normalized spacial score (nSPS) is 15.0. The SMILES string of the molecule is O=C(CSc1n[nH]c(N/N=C\c2ccccc2)n1)NC1CCCC1. The number of nitrogens with zero attached hydrogens (tertiary/aromatic N) is 3. The average Bonchev–Trinajstić information content (AvgIpc) is 3.26. The second-order valence-electron chi connectivity index (χ2n) is 5.58. The molecule has 1 amide bonds. The summed E-state index contributed by atoms with van der Waals surface area (Å²) in [6.45, 7) is 0. The monoisotopic (exact) mass is 344 g/mol.